The fourth-order valence-corrected chi connectivity index (χ4v) is 1.83. The number of rotatable bonds is 8. The quantitative estimate of drug-likeness (QED) is 0.411. The average Bonchev–Trinajstić information content (AvgIpc) is 2.42. The number of aliphatic imine (C=N–C) groups is 1. The minimum absolute atomic E-state index is 0.0102. The summed E-state index contributed by atoms with van der Waals surface area (Å²) in [4.78, 5) is 4.07. The first-order valence-corrected chi connectivity index (χ1v) is 8.43. The highest BCUT2D eigenvalue weighted by molar-refractivity contribution is 7.90. The molecular weight excluding hydrogens is 294 g/mol. The van der Waals surface area contributed by atoms with Gasteiger partial charge in [-0.2, -0.15) is 0 Å². The second-order valence-electron chi connectivity index (χ2n) is 4.36. The van der Waals surface area contributed by atoms with Crippen molar-refractivity contribution >= 4 is 21.5 Å². The van der Waals surface area contributed by atoms with Gasteiger partial charge in [0.2, 0.25) is 0 Å². The van der Waals surface area contributed by atoms with E-state index in [2.05, 4.69) is 10.3 Å². The van der Waals surface area contributed by atoms with Gasteiger partial charge in [0.05, 0.1) is 32.6 Å². The molecule has 0 saturated carbocycles. The van der Waals surface area contributed by atoms with Crippen molar-refractivity contribution in [2.24, 2.45) is 10.7 Å². The average molecular weight is 315 g/mol. The maximum Gasteiger partial charge on any atom is 0.193 e. The second-order valence-corrected chi connectivity index (χ2v) is 6.62. The first-order valence-electron chi connectivity index (χ1n) is 6.37. The van der Waals surface area contributed by atoms with Gasteiger partial charge in [-0.05, 0) is 24.3 Å². The fraction of sp³-hybridized carbons (Fsp3) is 0.462. The van der Waals surface area contributed by atoms with Gasteiger partial charge in [-0.3, -0.25) is 4.99 Å². The first-order chi connectivity index (χ1) is 9.90. The summed E-state index contributed by atoms with van der Waals surface area (Å²) in [5.74, 6) is 1.04. The molecule has 3 N–H and O–H groups in total. The zero-order valence-electron chi connectivity index (χ0n) is 12.2. The van der Waals surface area contributed by atoms with Crippen molar-refractivity contribution in [2.45, 2.75) is 0 Å². The molecule has 7 nitrogen and oxygen atoms in total. The van der Waals surface area contributed by atoms with E-state index in [1.807, 2.05) is 24.3 Å². The van der Waals surface area contributed by atoms with Crippen molar-refractivity contribution in [3.05, 3.63) is 24.3 Å². The van der Waals surface area contributed by atoms with Crippen LogP contribution in [0.2, 0.25) is 0 Å². The predicted molar refractivity (Wildman–Crippen MR) is 83.6 cm³/mol. The Morgan fingerprint density at radius 3 is 2.52 bits per heavy atom. The van der Waals surface area contributed by atoms with Crippen molar-refractivity contribution in [3.63, 3.8) is 0 Å². The van der Waals surface area contributed by atoms with Gasteiger partial charge < -0.3 is 20.5 Å². The lowest BCUT2D eigenvalue weighted by Gasteiger charge is -2.07. The molecule has 1 rings (SSSR count). The normalized spacial score (nSPS) is 12.2. The molecule has 0 bridgehead atoms. The largest absolute Gasteiger partial charge is 0.497 e. The van der Waals surface area contributed by atoms with Crippen LogP contribution in [-0.2, 0) is 14.6 Å². The summed E-state index contributed by atoms with van der Waals surface area (Å²) in [6.07, 6.45) is 1.17. The molecule has 0 radical (unpaired) electrons. The SMILES string of the molecule is COc1ccc(NC(N)=NCCOCCS(C)(=O)=O)cc1. The van der Waals surface area contributed by atoms with Crippen LogP contribution in [0.15, 0.2) is 29.3 Å². The Kier molecular flexibility index (Phi) is 6.97. The molecule has 0 fully saturated rings. The summed E-state index contributed by atoms with van der Waals surface area (Å²) in [5.41, 5.74) is 6.52. The van der Waals surface area contributed by atoms with Gasteiger partial charge in [0, 0.05) is 11.9 Å². The second kappa shape index (κ2) is 8.48. The van der Waals surface area contributed by atoms with Crippen LogP contribution in [0.3, 0.4) is 0 Å². The lowest BCUT2D eigenvalue weighted by molar-refractivity contribution is 0.157. The molecular formula is C13H21N3O4S. The van der Waals surface area contributed by atoms with Crippen molar-refractivity contribution in [2.75, 3.05) is 44.2 Å². The molecule has 1 aromatic carbocycles. The maximum atomic E-state index is 10.9. The molecule has 0 aliphatic rings. The Balaban J connectivity index is 2.26. The zero-order chi connectivity index (χ0) is 15.7. The number of hydrogen-bond donors (Lipinski definition) is 2. The number of sulfone groups is 1. The number of anilines is 1. The molecule has 21 heavy (non-hydrogen) atoms. The predicted octanol–water partition coefficient (Wildman–Crippen LogP) is 0.483. The van der Waals surface area contributed by atoms with Gasteiger partial charge in [0.15, 0.2) is 5.96 Å². The highest BCUT2D eigenvalue weighted by Gasteiger charge is 2.01. The van der Waals surface area contributed by atoms with E-state index in [1.54, 1.807) is 7.11 Å². The molecule has 0 saturated heterocycles. The van der Waals surface area contributed by atoms with E-state index in [1.165, 1.54) is 6.26 Å². The third-order valence-electron chi connectivity index (χ3n) is 2.48. The molecule has 8 heteroatoms. The van der Waals surface area contributed by atoms with Crippen LogP contribution in [0.4, 0.5) is 5.69 Å². The molecule has 0 atom stereocenters. The number of nitrogens with two attached hydrogens (primary N) is 1. The molecule has 0 amide bonds. The first kappa shape index (κ1) is 17.3. The number of nitrogens with zero attached hydrogens (tertiary/aromatic N) is 1. The summed E-state index contributed by atoms with van der Waals surface area (Å²) in [6.45, 7) is 0.847. The number of benzene rings is 1. The fourth-order valence-electron chi connectivity index (χ4n) is 1.40. The van der Waals surface area contributed by atoms with E-state index >= 15 is 0 Å². The van der Waals surface area contributed by atoms with Gasteiger partial charge in [0.1, 0.15) is 15.6 Å². The molecule has 0 aliphatic heterocycles. The standard InChI is InChI=1S/C13H21N3O4S/c1-19-12-5-3-11(4-6-12)16-13(14)15-7-8-20-9-10-21(2,17)18/h3-6H,7-10H2,1-2H3,(H3,14,15,16). The Morgan fingerprint density at radius 1 is 1.29 bits per heavy atom. The summed E-state index contributed by atoms with van der Waals surface area (Å²) >= 11 is 0. The van der Waals surface area contributed by atoms with Crippen LogP contribution in [0.5, 0.6) is 5.75 Å². The van der Waals surface area contributed by atoms with E-state index in [-0.39, 0.29) is 18.3 Å². The molecule has 0 unspecified atom stereocenters. The highest BCUT2D eigenvalue weighted by Crippen LogP contribution is 2.14. The van der Waals surface area contributed by atoms with E-state index in [0.29, 0.717) is 13.2 Å². The Labute approximate surface area is 125 Å². The third kappa shape index (κ3) is 8.16. The monoisotopic (exact) mass is 315 g/mol. The van der Waals surface area contributed by atoms with Gasteiger partial charge in [0.25, 0.3) is 0 Å². The van der Waals surface area contributed by atoms with Gasteiger partial charge in [-0.15, -0.1) is 0 Å². The van der Waals surface area contributed by atoms with Crippen molar-refractivity contribution < 1.29 is 17.9 Å². The summed E-state index contributed by atoms with van der Waals surface area (Å²) in [5, 5.41) is 2.93. The molecule has 1 aromatic rings. The van der Waals surface area contributed by atoms with Gasteiger partial charge >= 0.3 is 0 Å². The minimum atomic E-state index is -2.98. The number of methoxy groups -OCH3 is 1. The van der Waals surface area contributed by atoms with E-state index < -0.39 is 9.84 Å². The third-order valence-corrected chi connectivity index (χ3v) is 3.39. The van der Waals surface area contributed by atoms with E-state index in [9.17, 15) is 8.42 Å². The van der Waals surface area contributed by atoms with Crippen LogP contribution in [0.25, 0.3) is 0 Å². The smallest absolute Gasteiger partial charge is 0.193 e. The van der Waals surface area contributed by atoms with Crippen LogP contribution < -0.4 is 15.8 Å². The van der Waals surface area contributed by atoms with Crippen LogP contribution in [0, 0.1) is 0 Å². The number of ether oxygens (including phenoxy) is 2. The molecule has 0 spiro atoms. The lowest BCUT2D eigenvalue weighted by atomic mass is 10.3. The van der Waals surface area contributed by atoms with Crippen molar-refractivity contribution in [1.29, 1.82) is 0 Å². The van der Waals surface area contributed by atoms with E-state index in [4.69, 9.17) is 15.2 Å². The maximum absolute atomic E-state index is 10.9. The highest BCUT2D eigenvalue weighted by atomic mass is 32.2. The Morgan fingerprint density at radius 2 is 1.95 bits per heavy atom. The van der Waals surface area contributed by atoms with Gasteiger partial charge in [-0.25, -0.2) is 8.42 Å². The topological polar surface area (TPSA) is 103 Å². The zero-order valence-corrected chi connectivity index (χ0v) is 13.0. The number of nitrogens with one attached hydrogen (secondary N) is 1. The van der Waals surface area contributed by atoms with Crippen LogP contribution in [0.1, 0.15) is 0 Å². The van der Waals surface area contributed by atoms with Crippen LogP contribution >= 0.6 is 0 Å². The Bertz CT molecular complexity index is 555. The molecule has 0 aliphatic carbocycles. The van der Waals surface area contributed by atoms with Crippen molar-refractivity contribution in [3.8, 4) is 5.75 Å². The summed E-state index contributed by atoms with van der Waals surface area (Å²) in [7, 11) is -1.38. The minimum Gasteiger partial charge on any atom is -0.497 e. The molecule has 0 aromatic heterocycles. The van der Waals surface area contributed by atoms with Crippen molar-refractivity contribution in [1.82, 2.24) is 0 Å². The lowest BCUT2D eigenvalue weighted by Crippen LogP contribution is -2.23. The Hall–Kier alpha value is -1.80. The summed E-state index contributed by atoms with van der Waals surface area (Å²) < 4.78 is 32.0. The van der Waals surface area contributed by atoms with Gasteiger partial charge in [-0.1, -0.05) is 0 Å². The number of guanidine groups is 1. The molecule has 118 valence electrons. The van der Waals surface area contributed by atoms with Crippen LogP contribution in [-0.4, -0.2) is 53.3 Å². The molecule has 0 heterocycles. The van der Waals surface area contributed by atoms with E-state index in [0.717, 1.165) is 11.4 Å². The summed E-state index contributed by atoms with van der Waals surface area (Å²) in [6, 6.07) is 7.27. The number of hydrogen-bond acceptors (Lipinski definition) is 5.